The van der Waals surface area contributed by atoms with Gasteiger partial charge in [0.25, 0.3) is 0 Å². The molecule has 0 bridgehead atoms. The fraction of sp³-hybridized carbons (Fsp3) is 0.625. The zero-order valence-corrected chi connectivity index (χ0v) is 13.3. The van der Waals surface area contributed by atoms with Gasteiger partial charge in [-0.1, -0.05) is 6.07 Å². The summed E-state index contributed by atoms with van der Waals surface area (Å²) in [6.45, 7) is 10.5. The number of hydrogen-bond donors (Lipinski definition) is 0. The predicted molar refractivity (Wildman–Crippen MR) is 79.8 cm³/mol. The van der Waals surface area contributed by atoms with E-state index in [1.54, 1.807) is 6.07 Å². The second-order valence-electron chi connectivity index (χ2n) is 6.57. The van der Waals surface area contributed by atoms with E-state index < -0.39 is 11.7 Å². The summed E-state index contributed by atoms with van der Waals surface area (Å²) in [5.41, 5.74) is -0.531. The van der Waals surface area contributed by atoms with Crippen LogP contribution < -0.4 is 4.74 Å². The van der Waals surface area contributed by atoms with Crippen molar-refractivity contribution in [2.24, 2.45) is 0 Å². The van der Waals surface area contributed by atoms with Gasteiger partial charge in [0.2, 0.25) is 0 Å². The largest absolute Gasteiger partial charge is 0.478 e. The molecule has 1 saturated heterocycles. The molecule has 2 rings (SSSR count). The van der Waals surface area contributed by atoms with Crippen LogP contribution in [-0.4, -0.2) is 48.2 Å². The summed E-state index contributed by atoms with van der Waals surface area (Å²) in [7, 11) is 0. The maximum atomic E-state index is 12.6. The van der Waals surface area contributed by atoms with Crippen molar-refractivity contribution in [3.8, 4) is 5.75 Å². The average Bonchev–Trinajstić information content (AvgIpc) is 2.44. The summed E-state index contributed by atoms with van der Waals surface area (Å²) in [5.74, 6) is 0.257. The molecule has 3 nitrogen and oxygen atoms in total. The van der Waals surface area contributed by atoms with Crippen molar-refractivity contribution >= 4 is 0 Å². The van der Waals surface area contributed by atoms with Crippen LogP contribution in [0, 0.1) is 0 Å². The number of benzene rings is 1. The number of halogens is 3. The molecule has 0 aromatic heterocycles. The molecule has 1 aliphatic heterocycles. The van der Waals surface area contributed by atoms with Crippen molar-refractivity contribution in [3.63, 3.8) is 0 Å². The van der Waals surface area contributed by atoms with Crippen molar-refractivity contribution in [3.05, 3.63) is 29.8 Å². The van der Waals surface area contributed by atoms with E-state index in [-0.39, 0.29) is 11.3 Å². The number of alkyl halides is 3. The van der Waals surface area contributed by atoms with Gasteiger partial charge in [-0.15, -0.1) is 0 Å². The molecule has 0 N–H and O–H groups in total. The van der Waals surface area contributed by atoms with Gasteiger partial charge in [0.05, 0.1) is 5.56 Å². The third kappa shape index (κ3) is 4.61. The Kier molecular flexibility index (Phi) is 5.02. The lowest BCUT2D eigenvalue weighted by Crippen LogP contribution is -2.53. The molecule has 0 atom stereocenters. The van der Waals surface area contributed by atoms with Crippen LogP contribution in [0.4, 0.5) is 13.2 Å². The molecule has 22 heavy (non-hydrogen) atoms. The normalized spacial score (nSPS) is 18.5. The number of nitrogens with zero attached hydrogens (tertiary/aromatic N) is 2. The Morgan fingerprint density at radius 2 is 1.68 bits per heavy atom. The molecule has 6 heteroatoms. The van der Waals surface area contributed by atoms with Crippen LogP contribution >= 0.6 is 0 Å². The van der Waals surface area contributed by atoms with Crippen molar-refractivity contribution in [1.29, 1.82) is 0 Å². The van der Waals surface area contributed by atoms with E-state index in [9.17, 15) is 13.2 Å². The Balaban J connectivity index is 1.85. The first-order valence-corrected chi connectivity index (χ1v) is 7.44. The van der Waals surface area contributed by atoms with Crippen LogP contribution in [0.3, 0.4) is 0 Å². The first-order valence-electron chi connectivity index (χ1n) is 7.44. The highest BCUT2D eigenvalue weighted by molar-refractivity contribution is 5.30. The average molecular weight is 316 g/mol. The van der Waals surface area contributed by atoms with Crippen LogP contribution in [0.25, 0.3) is 0 Å². The van der Waals surface area contributed by atoms with E-state index in [0.717, 1.165) is 38.3 Å². The van der Waals surface area contributed by atoms with Gasteiger partial charge in [0.15, 0.2) is 0 Å². The lowest BCUT2D eigenvalue weighted by atomic mass is 10.1. The summed E-state index contributed by atoms with van der Waals surface area (Å²) in [6, 6.07) is 5.02. The second kappa shape index (κ2) is 6.46. The SMILES string of the molecule is CC(C)(C)N1CCN(COc2cccc(C(F)(F)F)c2)CC1. The van der Waals surface area contributed by atoms with Gasteiger partial charge in [0.1, 0.15) is 12.5 Å². The lowest BCUT2D eigenvalue weighted by molar-refractivity contribution is -0.137. The molecule has 0 radical (unpaired) electrons. The monoisotopic (exact) mass is 316 g/mol. The standard InChI is InChI=1S/C16H23F3N2O/c1-15(2,3)21-9-7-20(8-10-21)12-22-14-6-4-5-13(11-14)16(17,18)19/h4-6,11H,7-10,12H2,1-3H3. The van der Waals surface area contributed by atoms with E-state index in [1.807, 2.05) is 0 Å². The number of ether oxygens (including phenoxy) is 1. The maximum absolute atomic E-state index is 12.6. The van der Waals surface area contributed by atoms with Crippen molar-refractivity contribution in [2.45, 2.75) is 32.5 Å². The highest BCUT2D eigenvalue weighted by Gasteiger charge is 2.30. The molecule has 124 valence electrons. The molecule has 0 aliphatic carbocycles. The minimum atomic E-state index is -4.34. The van der Waals surface area contributed by atoms with Crippen LogP contribution in [0.5, 0.6) is 5.75 Å². The number of rotatable bonds is 3. The van der Waals surface area contributed by atoms with Crippen LogP contribution in [-0.2, 0) is 6.18 Å². The Bertz CT molecular complexity index is 489. The van der Waals surface area contributed by atoms with Gasteiger partial charge in [-0.2, -0.15) is 13.2 Å². The highest BCUT2D eigenvalue weighted by atomic mass is 19.4. The molecule has 1 aromatic rings. The van der Waals surface area contributed by atoms with Gasteiger partial charge in [-0.25, -0.2) is 0 Å². The minimum Gasteiger partial charge on any atom is -0.478 e. The number of hydrogen-bond acceptors (Lipinski definition) is 3. The van der Waals surface area contributed by atoms with Gasteiger partial charge in [-0.05, 0) is 39.0 Å². The highest BCUT2D eigenvalue weighted by Crippen LogP contribution is 2.31. The van der Waals surface area contributed by atoms with Gasteiger partial charge in [-0.3, -0.25) is 9.80 Å². The first-order chi connectivity index (χ1) is 10.2. The minimum absolute atomic E-state index is 0.147. The summed E-state index contributed by atoms with van der Waals surface area (Å²) >= 11 is 0. The van der Waals surface area contributed by atoms with E-state index in [1.165, 1.54) is 6.07 Å². The van der Waals surface area contributed by atoms with E-state index in [0.29, 0.717) is 6.73 Å². The molecule has 0 unspecified atom stereocenters. The third-order valence-electron chi connectivity index (χ3n) is 3.90. The van der Waals surface area contributed by atoms with Gasteiger partial charge < -0.3 is 4.74 Å². The van der Waals surface area contributed by atoms with Crippen molar-refractivity contribution < 1.29 is 17.9 Å². The Morgan fingerprint density at radius 3 is 2.23 bits per heavy atom. The van der Waals surface area contributed by atoms with Crippen molar-refractivity contribution in [2.75, 3.05) is 32.9 Å². The van der Waals surface area contributed by atoms with Gasteiger partial charge >= 0.3 is 6.18 Å². The molecule has 0 saturated carbocycles. The first kappa shape index (κ1) is 17.1. The third-order valence-corrected chi connectivity index (χ3v) is 3.90. The van der Waals surface area contributed by atoms with Crippen LogP contribution in [0.2, 0.25) is 0 Å². The van der Waals surface area contributed by atoms with Crippen LogP contribution in [0.15, 0.2) is 24.3 Å². The fourth-order valence-corrected chi connectivity index (χ4v) is 2.48. The predicted octanol–water partition coefficient (Wildman–Crippen LogP) is 3.46. The molecule has 1 heterocycles. The van der Waals surface area contributed by atoms with E-state index in [2.05, 4.69) is 30.6 Å². The molecule has 1 aromatic carbocycles. The molecule has 0 spiro atoms. The van der Waals surface area contributed by atoms with E-state index >= 15 is 0 Å². The van der Waals surface area contributed by atoms with Crippen LogP contribution in [0.1, 0.15) is 26.3 Å². The second-order valence-corrected chi connectivity index (χ2v) is 6.57. The zero-order valence-electron chi connectivity index (χ0n) is 13.3. The molecule has 1 fully saturated rings. The molecule has 1 aliphatic rings. The van der Waals surface area contributed by atoms with Crippen molar-refractivity contribution in [1.82, 2.24) is 9.80 Å². The Hall–Kier alpha value is -1.27. The maximum Gasteiger partial charge on any atom is 0.416 e. The fourth-order valence-electron chi connectivity index (χ4n) is 2.48. The lowest BCUT2D eigenvalue weighted by Gasteiger charge is -2.42. The zero-order chi connectivity index (χ0) is 16.4. The Labute approximate surface area is 129 Å². The summed E-state index contributed by atoms with van der Waals surface area (Å²) in [6.07, 6.45) is -4.34. The summed E-state index contributed by atoms with van der Waals surface area (Å²) in [4.78, 5) is 4.51. The molecular weight excluding hydrogens is 293 g/mol. The smallest absolute Gasteiger partial charge is 0.416 e. The topological polar surface area (TPSA) is 15.7 Å². The summed E-state index contributed by atoms with van der Waals surface area (Å²) in [5, 5.41) is 0. The quantitative estimate of drug-likeness (QED) is 0.849. The molecule has 0 amide bonds. The van der Waals surface area contributed by atoms with E-state index in [4.69, 9.17) is 4.74 Å². The number of piperazine rings is 1. The summed E-state index contributed by atoms with van der Waals surface area (Å²) < 4.78 is 43.4. The Morgan fingerprint density at radius 1 is 1.05 bits per heavy atom. The van der Waals surface area contributed by atoms with Gasteiger partial charge in [0, 0.05) is 31.7 Å². The molecular formula is C16H23F3N2O.